The summed E-state index contributed by atoms with van der Waals surface area (Å²) in [7, 11) is -4.64. The van der Waals surface area contributed by atoms with E-state index in [2.05, 4.69) is 9.05 Å². The fourth-order valence-corrected chi connectivity index (χ4v) is 1.62. The van der Waals surface area contributed by atoms with Crippen LogP contribution in [-0.2, 0) is 18.2 Å². The highest BCUT2D eigenvalue weighted by atomic mass is 35.7. The minimum Gasteiger partial charge on any atom is -0.303 e. The normalized spacial score (nSPS) is 11.9. The van der Waals surface area contributed by atoms with Gasteiger partial charge in [-0.1, -0.05) is 0 Å². The molecule has 0 aliphatic heterocycles. The zero-order valence-corrected chi connectivity index (χ0v) is 10.2. The molecule has 0 atom stereocenters. The number of halogens is 1. The maximum atomic E-state index is 10.7. The van der Waals surface area contributed by atoms with Gasteiger partial charge in [0.2, 0.25) is 0 Å². The van der Waals surface area contributed by atoms with Crippen molar-refractivity contribution in [3.05, 3.63) is 0 Å². The van der Waals surface area contributed by atoms with Crippen molar-refractivity contribution in [2.45, 2.75) is 13.8 Å². The van der Waals surface area contributed by atoms with Gasteiger partial charge in [0, 0.05) is 11.2 Å². The summed E-state index contributed by atoms with van der Waals surface area (Å²) in [4.78, 5) is 21.6. The third kappa shape index (κ3) is 22.9. The SMILES string of the molecule is CCOP(=O)(Cl)OCC.O=P(O)(O)O. The van der Waals surface area contributed by atoms with Crippen molar-refractivity contribution >= 4 is 26.0 Å². The van der Waals surface area contributed by atoms with Gasteiger partial charge in [0.25, 0.3) is 0 Å². The van der Waals surface area contributed by atoms with Gasteiger partial charge >= 0.3 is 14.8 Å². The fourth-order valence-electron chi connectivity index (χ4n) is 0.346. The molecule has 0 heterocycles. The van der Waals surface area contributed by atoms with Crippen molar-refractivity contribution in [3.8, 4) is 0 Å². The van der Waals surface area contributed by atoms with Gasteiger partial charge in [-0.2, -0.15) is 0 Å². The summed E-state index contributed by atoms with van der Waals surface area (Å²) in [5.41, 5.74) is 0. The van der Waals surface area contributed by atoms with E-state index >= 15 is 0 Å². The molecule has 10 heteroatoms. The minimum atomic E-state index is -4.64. The maximum Gasteiger partial charge on any atom is 0.466 e. The average molecular weight is 271 g/mol. The van der Waals surface area contributed by atoms with Gasteiger partial charge in [-0.3, -0.25) is 9.05 Å². The van der Waals surface area contributed by atoms with Gasteiger partial charge in [-0.25, -0.2) is 9.13 Å². The van der Waals surface area contributed by atoms with Crippen LogP contribution >= 0.6 is 26.0 Å². The second-order valence-electron chi connectivity index (χ2n) is 1.78. The summed E-state index contributed by atoms with van der Waals surface area (Å²) in [5, 5.41) is 0. The van der Waals surface area contributed by atoms with Crippen LogP contribution in [0.25, 0.3) is 0 Å². The Bertz CT molecular complexity index is 207. The Morgan fingerprint density at radius 1 is 1.07 bits per heavy atom. The Morgan fingerprint density at radius 3 is 1.43 bits per heavy atom. The molecule has 7 nitrogen and oxygen atoms in total. The number of hydrogen-bond donors (Lipinski definition) is 3. The van der Waals surface area contributed by atoms with E-state index in [1.165, 1.54) is 0 Å². The molecule has 0 rings (SSSR count). The molecule has 0 spiro atoms. The highest BCUT2D eigenvalue weighted by molar-refractivity contribution is 7.81. The van der Waals surface area contributed by atoms with E-state index in [0.717, 1.165) is 0 Å². The third-order valence-electron chi connectivity index (χ3n) is 0.567. The minimum absolute atomic E-state index is 0.306. The summed E-state index contributed by atoms with van der Waals surface area (Å²) in [6, 6.07) is 0. The average Bonchev–Trinajstić information content (AvgIpc) is 1.81. The zero-order chi connectivity index (χ0) is 11.8. The molecule has 0 radical (unpaired) electrons. The molecule has 0 fully saturated rings. The largest absolute Gasteiger partial charge is 0.466 e. The second kappa shape index (κ2) is 7.79. The molecule has 0 bridgehead atoms. The van der Waals surface area contributed by atoms with Crippen molar-refractivity contribution in [2.24, 2.45) is 0 Å². The molecular formula is C4H13ClO7P2. The highest BCUT2D eigenvalue weighted by Crippen LogP contribution is 2.53. The first kappa shape index (κ1) is 17.0. The van der Waals surface area contributed by atoms with E-state index in [0.29, 0.717) is 13.2 Å². The predicted octanol–water partition coefficient (Wildman–Crippen LogP) is 1.48. The molecule has 0 aliphatic carbocycles. The number of hydrogen-bond acceptors (Lipinski definition) is 4. The Kier molecular flexibility index (Phi) is 9.44. The standard InChI is InChI=1S/C4H10ClO3P.H3O4P/c1-3-7-9(5,6)8-4-2;1-5(2,3)4/h3-4H2,1-2H3;(H3,1,2,3,4). The zero-order valence-electron chi connectivity index (χ0n) is 7.66. The van der Waals surface area contributed by atoms with Crippen LogP contribution in [0.2, 0.25) is 0 Å². The first-order chi connectivity index (χ1) is 6.12. The Morgan fingerprint density at radius 2 is 1.29 bits per heavy atom. The smallest absolute Gasteiger partial charge is 0.303 e. The first-order valence-electron chi connectivity index (χ1n) is 3.49. The van der Waals surface area contributed by atoms with E-state index < -0.39 is 14.8 Å². The highest BCUT2D eigenvalue weighted by Gasteiger charge is 2.17. The molecule has 0 saturated carbocycles. The molecule has 3 N–H and O–H groups in total. The molecule has 0 aliphatic rings. The van der Waals surface area contributed by atoms with E-state index in [9.17, 15) is 4.57 Å². The van der Waals surface area contributed by atoms with Gasteiger partial charge in [0.05, 0.1) is 13.2 Å². The van der Waals surface area contributed by atoms with Crippen molar-refractivity contribution in [3.63, 3.8) is 0 Å². The van der Waals surface area contributed by atoms with E-state index in [1.54, 1.807) is 13.8 Å². The van der Waals surface area contributed by atoms with Gasteiger partial charge in [0.1, 0.15) is 0 Å². The molecule has 0 amide bonds. The monoisotopic (exact) mass is 270 g/mol. The van der Waals surface area contributed by atoms with Crippen LogP contribution in [0.5, 0.6) is 0 Å². The number of rotatable bonds is 4. The Hall–Kier alpha value is 0.550. The van der Waals surface area contributed by atoms with Crippen LogP contribution in [-0.4, -0.2) is 27.9 Å². The first-order valence-corrected chi connectivity index (χ1v) is 7.50. The molecule has 0 saturated heterocycles. The molecule has 88 valence electrons. The molecule has 0 aromatic carbocycles. The third-order valence-corrected chi connectivity index (χ3v) is 2.29. The lowest BCUT2D eigenvalue weighted by atomic mass is 10.9. The predicted molar refractivity (Wildman–Crippen MR) is 51.0 cm³/mol. The van der Waals surface area contributed by atoms with Crippen LogP contribution in [0.15, 0.2) is 0 Å². The Balaban J connectivity index is 0. The topological polar surface area (TPSA) is 113 Å². The lowest BCUT2D eigenvalue weighted by Crippen LogP contribution is -1.88. The lowest BCUT2D eigenvalue weighted by Gasteiger charge is -2.06. The summed E-state index contributed by atoms with van der Waals surface area (Å²) >= 11 is 5.25. The van der Waals surface area contributed by atoms with Gasteiger partial charge in [-0.05, 0) is 13.8 Å². The lowest BCUT2D eigenvalue weighted by molar-refractivity contribution is 0.235. The van der Waals surface area contributed by atoms with Crippen molar-refractivity contribution in [2.75, 3.05) is 13.2 Å². The van der Waals surface area contributed by atoms with Gasteiger partial charge < -0.3 is 14.7 Å². The summed E-state index contributed by atoms with van der Waals surface area (Å²) in [6.07, 6.45) is 0. The van der Waals surface area contributed by atoms with E-state index in [4.69, 9.17) is 30.5 Å². The Labute approximate surface area is 86.6 Å². The molecular weight excluding hydrogens is 257 g/mol. The second-order valence-corrected chi connectivity index (χ2v) is 5.43. The maximum absolute atomic E-state index is 10.7. The number of phosphoric acid groups is 1. The van der Waals surface area contributed by atoms with Crippen molar-refractivity contribution < 1.29 is 32.9 Å². The van der Waals surface area contributed by atoms with E-state index in [1.807, 2.05) is 0 Å². The molecule has 0 aromatic heterocycles. The fraction of sp³-hybridized carbons (Fsp3) is 1.00. The van der Waals surface area contributed by atoms with Crippen LogP contribution < -0.4 is 0 Å². The van der Waals surface area contributed by atoms with E-state index in [-0.39, 0.29) is 0 Å². The summed E-state index contributed by atoms with van der Waals surface area (Å²) in [5.74, 6) is 0. The van der Waals surface area contributed by atoms with Gasteiger partial charge in [-0.15, -0.1) is 0 Å². The van der Waals surface area contributed by atoms with Crippen LogP contribution in [0.4, 0.5) is 0 Å². The van der Waals surface area contributed by atoms with Crippen LogP contribution in [0.1, 0.15) is 13.8 Å². The molecule has 0 unspecified atom stereocenters. The van der Waals surface area contributed by atoms with Crippen molar-refractivity contribution in [1.29, 1.82) is 0 Å². The summed E-state index contributed by atoms with van der Waals surface area (Å²) < 4.78 is 28.8. The quantitative estimate of drug-likeness (QED) is 0.663. The molecule has 14 heavy (non-hydrogen) atoms. The van der Waals surface area contributed by atoms with Crippen molar-refractivity contribution in [1.82, 2.24) is 0 Å². The summed E-state index contributed by atoms with van der Waals surface area (Å²) in [6.45, 7) is 0.797. The van der Waals surface area contributed by atoms with Crippen LogP contribution in [0, 0.1) is 0 Å². The molecule has 0 aromatic rings. The van der Waals surface area contributed by atoms with Crippen LogP contribution in [0.3, 0.4) is 0 Å². The van der Waals surface area contributed by atoms with Gasteiger partial charge in [0.15, 0.2) is 0 Å².